The van der Waals surface area contributed by atoms with E-state index in [9.17, 15) is 10.2 Å². The molecular formula is C10H20Ac2O3. The van der Waals surface area contributed by atoms with Gasteiger partial charge in [0.15, 0.2) is 6.29 Å². The summed E-state index contributed by atoms with van der Waals surface area (Å²) in [5.41, 5.74) is -0.918. The monoisotopic (exact) mass is 642 g/mol. The molecule has 1 saturated heterocycles. The molecule has 1 heterocycles. The quantitative estimate of drug-likeness (QED) is 0.417. The van der Waals surface area contributed by atoms with Gasteiger partial charge >= 0.3 is 0 Å². The molecule has 1 fully saturated rings. The minimum Gasteiger partial charge on any atom is -0.392 e. The van der Waals surface area contributed by atoms with Crippen molar-refractivity contribution in [1.82, 2.24) is 0 Å². The van der Waals surface area contributed by atoms with Gasteiger partial charge in [-0.25, -0.2) is 0 Å². The van der Waals surface area contributed by atoms with E-state index >= 15 is 0 Å². The Balaban J connectivity index is 0. The van der Waals surface area contributed by atoms with Crippen LogP contribution in [0.5, 0.6) is 0 Å². The number of aliphatic hydroxyl groups excluding tert-OH is 2. The van der Waals surface area contributed by atoms with Crippen LogP contribution in [0.15, 0.2) is 0 Å². The predicted octanol–water partition coefficient (Wildman–Crippen LogP) is 1.14. The molecule has 1 aliphatic rings. The van der Waals surface area contributed by atoms with Crippen LogP contribution >= 0.6 is 0 Å². The summed E-state index contributed by atoms with van der Waals surface area (Å²) in [4.78, 5) is 0. The second kappa shape index (κ2) is 6.79. The normalized spacial score (nSPS) is 37.4. The minimum atomic E-state index is -0.884. The average Bonchev–Trinajstić information content (AvgIpc) is 2.00. The van der Waals surface area contributed by atoms with Gasteiger partial charge in [0, 0.05) is 99.0 Å². The fourth-order valence-electron chi connectivity index (χ4n) is 1.86. The first-order valence-electron chi connectivity index (χ1n) is 4.72. The summed E-state index contributed by atoms with van der Waals surface area (Å²) in [5, 5.41) is 19.7. The van der Waals surface area contributed by atoms with Crippen molar-refractivity contribution in [2.45, 2.75) is 53.1 Å². The molecule has 0 bridgehead atoms. The molecule has 15 heavy (non-hydrogen) atoms. The predicted molar refractivity (Wildman–Crippen MR) is 50.1 cm³/mol. The summed E-state index contributed by atoms with van der Waals surface area (Å²) in [6.07, 6.45) is -1.57. The minimum absolute atomic E-state index is 0. The van der Waals surface area contributed by atoms with Crippen LogP contribution in [-0.4, -0.2) is 28.7 Å². The first kappa shape index (κ1) is 20.1. The van der Waals surface area contributed by atoms with Gasteiger partial charge in [0.05, 0.1) is 12.2 Å². The molecule has 0 aliphatic carbocycles. The zero-order valence-electron chi connectivity index (χ0n) is 10.2. The van der Waals surface area contributed by atoms with Crippen molar-refractivity contribution < 1.29 is 103 Å². The third-order valence-corrected chi connectivity index (χ3v) is 3.43. The van der Waals surface area contributed by atoms with E-state index in [1.807, 2.05) is 34.6 Å². The SMILES string of the molecule is CC1OC(O)C(C)(C)C(O)C1(C)C.[Ac].[Ac]. The van der Waals surface area contributed by atoms with Crippen molar-refractivity contribution in [2.24, 2.45) is 10.8 Å². The van der Waals surface area contributed by atoms with Crippen LogP contribution in [0, 0.1) is 99.0 Å². The van der Waals surface area contributed by atoms with Crippen LogP contribution in [0.1, 0.15) is 34.6 Å². The van der Waals surface area contributed by atoms with E-state index in [-0.39, 0.29) is 99.6 Å². The number of rotatable bonds is 0. The Hall–Kier alpha value is 2.76. The molecule has 3 atom stereocenters. The Morgan fingerprint density at radius 3 is 1.73 bits per heavy atom. The van der Waals surface area contributed by atoms with Gasteiger partial charge in [-0.3, -0.25) is 0 Å². The largest absolute Gasteiger partial charge is 0.392 e. The van der Waals surface area contributed by atoms with E-state index in [1.54, 1.807) is 0 Å². The van der Waals surface area contributed by atoms with Crippen molar-refractivity contribution in [3.05, 3.63) is 0 Å². The molecule has 0 saturated carbocycles. The number of hydrogen-bond acceptors (Lipinski definition) is 3. The summed E-state index contributed by atoms with van der Waals surface area (Å²) in [6.45, 7) is 9.42. The molecule has 84 valence electrons. The van der Waals surface area contributed by atoms with E-state index in [1.165, 1.54) is 0 Å². The Morgan fingerprint density at radius 2 is 1.33 bits per heavy atom. The summed E-state index contributed by atoms with van der Waals surface area (Å²) in [5.74, 6) is 0. The van der Waals surface area contributed by atoms with Crippen molar-refractivity contribution in [2.75, 3.05) is 0 Å². The third kappa shape index (κ3) is 3.86. The standard InChI is InChI=1S/C10H20O3.2Ac/c1-6-9(2,3)7(11)10(4,5)8(12)13-6;;/h6-8,11-12H,1-5H3;;. The van der Waals surface area contributed by atoms with Gasteiger partial charge in [-0.05, 0) is 6.92 Å². The fraction of sp³-hybridized carbons (Fsp3) is 1.00. The molecule has 1 aliphatic heterocycles. The van der Waals surface area contributed by atoms with Crippen molar-refractivity contribution in [1.29, 1.82) is 0 Å². The number of hydrogen-bond donors (Lipinski definition) is 2. The zero-order chi connectivity index (χ0) is 10.4. The van der Waals surface area contributed by atoms with Crippen LogP contribution in [0.3, 0.4) is 0 Å². The molecule has 0 aromatic rings. The first-order valence-corrected chi connectivity index (χ1v) is 4.72. The van der Waals surface area contributed by atoms with Gasteiger partial charge in [0.1, 0.15) is 0 Å². The van der Waals surface area contributed by atoms with Crippen LogP contribution in [0.4, 0.5) is 0 Å². The molecule has 0 amide bonds. The summed E-state index contributed by atoms with van der Waals surface area (Å²) >= 11 is 0. The van der Waals surface area contributed by atoms with Gasteiger partial charge in [-0.1, -0.05) is 27.7 Å². The number of ether oxygens (including phenoxy) is 1. The molecular weight excluding hydrogens is 622 g/mol. The summed E-state index contributed by atoms with van der Waals surface area (Å²) in [6, 6.07) is 0. The maximum Gasteiger partial charge on any atom is 0.162 e. The Morgan fingerprint density at radius 1 is 0.933 bits per heavy atom. The van der Waals surface area contributed by atoms with E-state index in [0.29, 0.717) is 0 Å². The van der Waals surface area contributed by atoms with Gasteiger partial charge in [0.2, 0.25) is 0 Å². The molecule has 0 aromatic carbocycles. The van der Waals surface area contributed by atoms with Gasteiger partial charge < -0.3 is 14.9 Å². The van der Waals surface area contributed by atoms with E-state index in [0.717, 1.165) is 0 Å². The van der Waals surface area contributed by atoms with Crippen LogP contribution in [-0.2, 0) is 4.74 Å². The Labute approximate surface area is 164 Å². The molecule has 5 heteroatoms. The van der Waals surface area contributed by atoms with E-state index < -0.39 is 17.8 Å². The second-order valence-electron chi connectivity index (χ2n) is 5.18. The molecule has 3 unspecified atom stereocenters. The topological polar surface area (TPSA) is 49.7 Å². The Kier molecular flexibility index (Phi) is 9.10. The van der Waals surface area contributed by atoms with Gasteiger partial charge in [0.25, 0.3) is 0 Å². The Bertz CT molecular complexity index is 187. The molecule has 2 radical (unpaired) electrons. The van der Waals surface area contributed by atoms with Crippen LogP contribution < -0.4 is 0 Å². The third-order valence-electron chi connectivity index (χ3n) is 3.43. The first-order chi connectivity index (χ1) is 5.70. The van der Waals surface area contributed by atoms with Crippen LogP contribution in [0.2, 0.25) is 0 Å². The molecule has 3 nitrogen and oxygen atoms in total. The van der Waals surface area contributed by atoms with Gasteiger partial charge in [-0.2, -0.15) is 0 Å². The van der Waals surface area contributed by atoms with Crippen molar-refractivity contribution in [3.8, 4) is 0 Å². The average molecular weight is 642 g/mol. The van der Waals surface area contributed by atoms with Crippen molar-refractivity contribution in [3.63, 3.8) is 0 Å². The van der Waals surface area contributed by atoms with Gasteiger partial charge in [-0.15, -0.1) is 0 Å². The van der Waals surface area contributed by atoms with Crippen LogP contribution in [0.25, 0.3) is 0 Å². The number of aliphatic hydroxyl groups is 2. The molecule has 0 spiro atoms. The fourth-order valence-corrected chi connectivity index (χ4v) is 1.86. The maximum absolute atomic E-state index is 10.1. The zero-order valence-corrected chi connectivity index (χ0v) is 19.7. The smallest absolute Gasteiger partial charge is 0.162 e. The van der Waals surface area contributed by atoms with Crippen molar-refractivity contribution >= 4 is 0 Å². The molecule has 1 rings (SSSR count). The summed E-state index contributed by atoms with van der Waals surface area (Å²) in [7, 11) is 0. The summed E-state index contributed by atoms with van der Waals surface area (Å²) < 4.78 is 5.38. The molecule has 0 aromatic heterocycles. The van der Waals surface area contributed by atoms with E-state index in [4.69, 9.17) is 4.74 Å². The maximum atomic E-state index is 10.1. The molecule has 2 N–H and O–H groups in total. The second-order valence-corrected chi connectivity index (χ2v) is 5.18. The van der Waals surface area contributed by atoms with E-state index in [2.05, 4.69) is 0 Å².